The summed E-state index contributed by atoms with van der Waals surface area (Å²) in [5, 5.41) is 0. The fourth-order valence-electron chi connectivity index (χ4n) is 0. The van der Waals surface area contributed by atoms with E-state index in [2.05, 4.69) is 0 Å². The van der Waals surface area contributed by atoms with E-state index in [0.29, 0.717) is 6.16 Å². The van der Waals surface area contributed by atoms with Gasteiger partial charge < -0.3 is 0 Å². The van der Waals surface area contributed by atoms with Gasteiger partial charge in [-0.25, -0.2) is 0 Å². The molecule has 7 heavy (non-hydrogen) atoms. The van der Waals surface area contributed by atoms with Gasteiger partial charge >= 0.3 is 44.2 Å². The van der Waals surface area contributed by atoms with Gasteiger partial charge in [-0.15, -0.1) is 0 Å². The molecule has 0 unspecified atom stereocenters. The predicted molar refractivity (Wildman–Crippen MR) is 36.3 cm³/mol. The van der Waals surface area contributed by atoms with Crippen molar-refractivity contribution in [2.24, 2.45) is 0 Å². The first-order chi connectivity index (χ1) is 2.81. The van der Waals surface area contributed by atoms with Crippen molar-refractivity contribution in [2.45, 2.75) is 6.92 Å². The Morgan fingerprint density at radius 1 is 1.29 bits per heavy atom. The van der Waals surface area contributed by atoms with Crippen molar-refractivity contribution in [1.29, 1.82) is 0 Å². The van der Waals surface area contributed by atoms with Gasteiger partial charge in [-0.1, -0.05) is 0 Å². The van der Waals surface area contributed by atoms with E-state index in [1.807, 2.05) is 6.92 Å². The van der Waals surface area contributed by atoms with Crippen LogP contribution in [0.4, 0.5) is 4.20 Å². The number of hydrogen-bond donors (Lipinski definition) is 0. The van der Waals surface area contributed by atoms with Crippen LogP contribution in [0.1, 0.15) is 6.92 Å². The normalized spacial score (nSPS) is 18.1. The Balaban J connectivity index is 3.83. The second-order valence-corrected chi connectivity index (χ2v) is 9.70. The molecule has 0 fully saturated rings. The fraction of sp³-hybridized carbons (Fsp3) is 1.00. The molecule has 0 aliphatic rings. The SMILES string of the molecule is CCP(C)(C)(C)F. The van der Waals surface area contributed by atoms with Gasteiger partial charge in [0.25, 0.3) is 0 Å². The van der Waals surface area contributed by atoms with Gasteiger partial charge in [-0.2, -0.15) is 0 Å². The van der Waals surface area contributed by atoms with Crippen molar-refractivity contribution in [3.8, 4) is 0 Å². The van der Waals surface area contributed by atoms with Crippen molar-refractivity contribution in [2.75, 3.05) is 26.2 Å². The van der Waals surface area contributed by atoms with Gasteiger partial charge in [0.15, 0.2) is 0 Å². The summed E-state index contributed by atoms with van der Waals surface area (Å²) in [6.07, 6.45) is 0.700. The standard InChI is InChI=1S/C5H14FP/c1-5-7(2,3,4)6/h5H2,1-4H3. The molecule has 0 aliphatic carbocycles. The monoisotopic (exact) mass is 124 g/mol. The van der Waals surface area contributed by atoms with Crippen LogP contribution in [0.3, 0.4) is 0 Å². The molecule has 0 radical (unpaired) electrons. The number of rotatable bonds is 1. The summed E-state index contributed by atoms with van der Waals surface area (Å²) in [5.74, 6) is 0. The molecule has 0 aromatic rings. The summed E-state index contributed by atoms with van der Waals surface area (Å²) in [5.41, 5.74) is 0. The molecule has 0 amide bonds. The minimum absolute atomic E-state index is 0.700. The molecule has 0 aromatic carbocycles. The molecule has 0 bridgehead atoms. The molecular weight excluding hydrogens is 110 g/mol. The van der Waals surface area contributed by atoms with Gasteiger partial charge in [-0.05, 0) is 0 Å². The van der Waals surface area contributed by atoms with Gasteiger partial charge in [0, 0.05) is 0 Å². The van der Waals surface area contributed by atoms with E-state index in [1.165, 1.54) is 0 Å². The van der Waals surface area contributed by atoms with Crippen molar-refractivity contribution < 1.29 is 4.20 Å². The van der Waals surface area contributed by atoms with E-state index in [0.717, 1.165) is 0 Å². The summed E-state index contributed by atoms with van der Waals surface area (Å²) >= 11 is 0. The van der Waals surface area contributed by atoms with Crippen LogP contribution in [0.15, 0.2) is 0 Å². The Labute approximate surface area is 45.2 Å². The molecule has 0 heterocycles. The molecule has 0 N–H and O–H groups in total. The third-order valence-electron chi connectivity index (χ3n) is 1.07. The van der Waals surface area contributed by atoms with Crippen LogP contribution in [-0.4, -0.2) is 26.2 Å². The third-order valence-corrected chi connectivity index (χ3v) is 3.20. The van der Waals surface area contributed by atoms with Gasteiger partial charge in [0.2, 0.25) is 0 Å². The van der Waals surface area contributed by atoms with Crippen molar-refractivity contribution in [3.63, 3.8) is 0 Å². The molecule has 0 rings (SSSR count). The Bertz CT molecular complexity index is 60.6. The van der Waals surface area contributed by atoms with Crippen LogP contribution in [0.5, 0.6) is 0 Å². The second-order valence-electron chi connectivity index (χ2n) is 3.23. The molecule has 0 spiro atoms. The molecule has 0 aliphatic heterocycles. The molecular formula is C5H14FP. The average Bonchev–Trinajstić information content (AvgIpc) is 1.32. The van der Waals surface area contributed by atoms with E-state index in [9.17, 15) is 4.20 Å². The van der Waals surface area contributed by atoms with E-state index < -0.39 is 6.91 Å². The zero-order chi connectivity index (χ0) is 6.15. The van der Waals surface area contributed by atoms with Crippen molar-refractivity contribution in [1.82, 2.24) is 0 Å². The quantitative estimate of drug-likeness (QED) is 0.470. The zero-order valence-corrected chi connectivity index (χ0v) is 6.43. The summed E-state index contributed by atoms with van der Waals surface area (Å²) in [6, 6.07) is 0. The first-order valence-corrected chi connectivity index (χ1v) is 6.19. The summed E-state index contributed by atoms with van der Waals surface area (Å²) in [7, 11) is 0. The first-order valence-electron chi connectivity index (χ1n) is 2.53. The van der Waals surface area contributed by atoms with Gasteiger partial charge in [0.05, 0.1) is 0 Å². The van der Waals surface area contributed by atoms with E-state index in [4.69, 9.17) is 0 Å². The molecule has 0 saturated carbocycles. The predicted octanol–water partition coefficient (Wildman–Crippen LogP) is 2.33. The number of halogens is 1. The van der Waals surface area contributed by atoms with Crippen LogP contribution in [0.2, 0.25) is 0 Å². The van der Waals surface area contributed by atoms with E-state index >= 15 is 0 Å². The third kappa shape index (κ3) is 6.36. The maximum atomic E-state index is 12.9. The van der Waals surface area contributed by atoms with Crippen LogP contribution < -0.4 is 0 Å². The molecule has 0 saturated heterocycles. The Kier molecular flexibility index (Phi) is 1.49. The van der Waals surface area contributed by atoms with Crippen LogP contribution in [-0.2, 0) is 0 Å². The molecule has 2 heteroatoms. The van der Waals surface area contributed by atoms with Crippen LogP contribution in [0.25, 0.3) is 0 Å². The maximum absolute atomic E-state index is 12.9. The Morgan fingerprint density at radius 3 is 1.43 bits per heavy atom. The van der Waals surface area contributed by atoms with E-state index in [-0.39, 0.29) is 0 Å². The summed E-state index contributed by atoms with van der Waals surface area (Å²) in [6.45, 7) is 4.51. The average molecular weight is 124 g/mol. The first kappa shape index (κ1) is 7.36. The van der Waals surface area contributed by atoms with Crippen LogP contribution in [0, 0.1) is 0 Å². The minimum atomic E-state index is -2.58. The van der Waals surface area contributed by atoms with Gasteiger partial charge in [0.1, 0.15) is 0 Å². The van der Waals surface area contributed by atoms with Crippen LogP contribution >= 0.6 is 6.91 Å². The Morgan fingerprint density at radius 2 is 1.43 bits per heavy atom. The second kappa shape index (κ2) is 1.42. The van der Waals surface area contributed by atoms with Crippen molar-refractivity contribution >= 4 is 6.91 Å². The summed E-state index contributed by atoms with van der Waals surface area (Å²) < 4.78 is 12.9. The van der Waals surface area contributed by atoms with Crippen molar-refractivity contribution in [3.05, 3.63) is 0 Å². The fourth-order valence-corrected chi connectivity index (χ4v) is 0. The topological polar surface area (TPSA) is 0 Å². The van der Waals surface area contributed by atoms with Gasteiger partial charge in [-0.3, -0.25) is 0 Å². The van der Waals surface area contributed by atoms with E-state index in [1.54, 1.807) is 20.0 Å². The summed E-state index contributed by atoms with van der Waals surface area (Å²) in [4.78, 5) is 0. The Hall–Kier alpha value is 0.360. The number of hydrogen-bond acceptors (Lipinski definition) is 0. The molecule has 0 nitrogen and oxygen atoms in total. The molecule has 0 atom stereocenters. The zero-order valence-electron chi connectivity index (χ0n) is 5.53. The molecule has 0 aromatic heterocycles. The molecule has 46 valence electrons.